The molecule has 0 amide bonds. The molecule has 0 radical (unpaired) electrons. The number of hydroxylamine groups is 1. The molecule has 2 aromatic rings. The molecule has 1 fully saturated rings. The van der Waals surface area contributed by atoms with Gasteiger partial charge in [0.1, 0.15) is 0 Å². The van der Waals surface area contributed by atoms with E-state index in [9.17, 15) is 32.3 Å². The van der Waals surface area contributed by atoms with Gasteiger partial charge in [-0.25, -0.2) is 9.59 Å². The van der Waals surface area contributed by atoms with Crippen molar-refractivity contribution in [2.75, 3.05) is 42.7 Å². The second-order valence-corrected chi connectivity index (χ2v) is 9.16. The summed E-state index contributed by atoms with van der Waals surface area (Å²) in [4.78, 5) is 59.8. The number of nitrogens with one attached hydrogen (secondary N) is 1. The minimum atomic E-state index is -5.34. The molecule has 1 unspecified atom stereocenters. The number of ketones is 1. The van der Waals surface area contributed by atoms with Crippen LogP contribution < -0.4 is 26.5 Å². The zero-order valence-corrected chi connectivity index (χ0v) is 21.7. The van der Waals surface area contributed by atoms with Crippen LogP contribution in [-0.2, 0) is 23.2 Å². The molecule has 11 nitrogen and oxygen atoms in total. The lowest BCUT2D eigenvalue weighted by atomic mass is 10.1. The Kier molecular flexibility index (Phi) is 8.05. The van der Waals surface area contributed by atoms with Crippen molar-refractivity contribution >= 4 is 34.9 Å². The minimum Gasteiger partial charge on any atom is -0.327 e. The topological polar surface area (TPSA) is 109 Å². The van der Waals surface area contributed by atoms with Crippen LogP contribution in [0.5, 0.6) is 0 Å². The van der Waals surface area contributed by atoms with Crippen molar-refractivity contribution in [1.29, 1.82) is 0 Å². The second-order valence-electron chi connectivity index (χ2n) is 8.72. The average molecular weight is 569 g/mol. The molecule has 3 heterocycles. The Morgan fingerprint density at radius 1 is 1.15 bits per heavy atom. The first kappa shape index (κ1) is 28.2. The molecule has 0 bridgehead atoms. The van der Waals surface area contributed by atoms with Gasteiger partial charge < -0.3 is 15.1 Å². The number of halogens is 4. The molecule has 0 aliphatic carbocycles. The maximum atomic E-state index is 13.8. The fraction of sp³-hybridized carbons (Fsp3) is 0.417. The fourth-order valence-corrected chi connectivity index (χ4v) is 4.55. The number of alkyl halides is 3. The molecule has 39 heavy (non-hydrogen) atoms. The van der Waals surface area contributed by atoms with Crippen LogP contribution in [0.2, 0.25) is 5.02 Å². The van der Waals surface area contributed by atoms with E-state index in [0.717, 1.165) is 4.57 Å². The van der Waals surface area contributed by atoms with E-state index in [2.05, 4.69) is 17.2 Å². The van der Waals surface area contributed by atoms with Gasteiger partial charge >= 0.3 is 17.8 Å². The van der Waals surface area contributed by atoms with Gasteiger partial charge in [-0.1, -0.05) is 17.5 Å². The van der Waals surface area contributed by atoms with E-state index in [1.165, 1.54) is 36.2 Å². The first-order chi connectivity index (χ1) is 18.5. The lowest BCUT2D eigenvalue weighted by Crippen LogP contribution is -2.61. The van der Waals surface area contributed by atoms with Crippen molar-refractivity contribution < 1.29 is 27.6 Å². The number of rotatable bonds is 6. The van der Waals surface area contributed by atoms with Gasteiger partial charge in [-0.15, -0.1) is 11.0 Å². The van der Waals surface area contributed by atoms with E-state index in [1.54, 1.807) is 11.8 Å². The molecule has 1 atom stereocenters. The number of benzene rings is 1. The van der Waals surface area contributed by atoms with Crippen molar-refractivity contribution in [2.45, 2.75) is 25.9 Å². The van der Waals surface area contributed by atoms with Crippen LogP contribution in [0.1, 0.15) is 17.3 Å². The van der Waals surface area contributed by atoms with E-state index in [-0.39, 0.29) is 23.6 Å². The van der Waals surface area contributed by atoms with Gasteiger partial charge in [-0.2, -0.15) is 13.2 Å². The molecule has 1 aromatic carbocycles. The number of aromatic nitrogens is 2. The summed E-state index contributed by atoms with van der Waals surface area (Å²) in [6.07, 6.45) is -6.56. The third-order valence-electron chi connectivity index (χ3n) is 6.26. The maximum Gasteiger partial charge on any atom is 0.493 e. The summed E-state index contributed by atoms with van der Waals surface area (Å²) in [7, 11) is 1.21. The molecule has 0 spiro atoms. The summed E-state index contributed by atoms with van der Waals surface area (Å²) in [5.41, 5.74) is -1.97. The van der Waals surface area contributed by atoms with Gasteiger partial charge in [0.05, 0.1) is 13.1 Å². The standard InChI is InChI=1S/C24H24ClF3N6O5/c1-3-4-11-32-18-19(34(39-21(37)24(26,27)28)22(32)31-12-9-29-10-13-31)30(2)23(38)33(20(18)36)14-17(35)15-5-7-16(25)8-6-15/h5-8,22,29H,9-14H2,1-2H3. The highest BCUT2D eigenvalue weighted by atomic mass is 35.5. The van der Waals surface area contributed by atoms with E-state index in [4.69, 9.17) is 16.4 Å². The summed E-state index contributed by atoms with van der Waals surface area (Å²) < 4.78 is 41.3. The Hall–Kier alpha value is -3.80. The van der Waals surface area contributed by atoms with Gasteiger partial charge in [0.15, 0.2) is 23.6 Å². The number of nitrogens with zero attached hydrogens (tertiary/aromatic N) is 5. The van der Waals surface area contributed by atoms with Gasteiger partial charge in [-0.05, 0) is 31.2 Å². The maximum absolute atomic E-state index is 13.8. The number of piperazine rings is 1. The number of fused-ring (bicyclic) bond motifs is 1. The highest BCUT2D eigenvalue weighted by molar-refractivity contribution is 6.30. The Balaban J connectivity index is 1.88. The largest absolute Gasteiger partial charge is 0.493 e. The third-order valence-corrected chi connectivity index (χ3v) is 6.52. The minimum absolute atomic E-state index is 0.142. The average Bonchev–Trinajstić information content (AvgIpc) is 3.22. The van der Waals surface area contributed by atoms with Crippen LogP contribution in [0, 0.1) is 11.8 Å². The predicted molar refractivity (Wildman–Crippen MR) is 135 cm³/mol. The second kappa shape index (κ2) is 11.1. The summed E-state index contributed by atoms with van der Waals surface area (Å²) in [6, 6.07) is 5.84. The van der Waals surface area contributed by atoms with Crippen LogP contribution in [0.4, 0.5) is 24.7 Å². The summed E-state index contributed by atoms with van der Waals surface area (Å²) in [5, 5.41) is 4.13. The van der Waals surface area contributed by atoms with Crippen LogP contribution >= 0.6 is 11.6 Å². The zero-order chi connectivity index (χ0) is 28.5. The Morgan fingerprint density at radius 2 is 1.79 bits per heavy atom. The molecule has 2 aliphatic heterocycles. The van der Waals surface area contributed by atoms with Crippen molar-refractivity contribution in [1.82, 2.24) is 19.4 Å². The molecule has 1 aromatic heterocycles. The molecule has 0 saturated carbocycles. The van der Waals surface area contributed by atoms with Crippen molar-refractivity contribution in [2.24, 2.45) is 7.05 Å². The van der Waals surface area contributed by atoms with Crippen LogP contribution in [0.3, 0.4) is 0 Å². The van der Waals surface area contributed by atoms with E-state index < -0.39 is 42.0 Å². The molecular weight excluding hydrogens is 545 g/mol. The molecular formula is C24H24ClF3N6O5. The normalized spacial score (nSPS) is 17.4. The van der Waals surface area contributed by atoms with Crippen LogP contribution in [-0.4, -0.2) is 71.0 Å². The number of anilines is 2. The van der Waals surface area contributed by atoms with E-state index >= 15 is 0 Å². The Labute approximate surface area is 225 Å². The fourth-order valence-electron chi connectivity index (χ4n) is 4.42. The Morgan fingerprint density at radius 3 is 2.38 bits per heavy atom. The smallest absolute Gasteiger partial charge is 0.327 e. The number of carbonyl (C=O) groups is 2. The van der Waals surface area contributed by atoms with Gasteiger partial charge in [-0.3, -0.25) is 23.6 Å². The van der Waals surface area contributed by atoms with Crippen molar-refractivity contribution in [3.63, 3.8) is 0 Å². The molecule has 208 valence electrons. The number of hydrogen-bond acceptors (Lipinski definition) is 9. The van der Waals surface area contributed by atoms with E-state index in [1.807, 2.05) is 0 Å². The first-order valence-electron chi connectivity index (χ1n) is 11.8. The highest BCUT2D eigenvalue weighted by Crippen LogP contribution is 2.38. The van der Waals surface area contributed by atoms with Crippen LogP contribution in [0.25, 0.3) is 0 Å². The lowest BCUT2D eigenvalue weighted by Gasteiger charge is -2.40. The lowest BCUT2D eigenvalue weighted by molar-refractivity contribution is -0.203. The summed E-state index contributed by atoms with van der Waals surface area (Å²) >= 11 is 5.87. The Bertz CT molecular complexity index is 1450. The molecule has 2 aliphatic rings. The monoisotopic (exact) mass is 568 g/mol. The first-order valence-corrected chi connectivity index (χ1v) is 12.2. The SMILES string of the molecule is CC#CCN1c2c(n(C)c(=O)n(CC(=O)c3ccc(Cl)cc3)c2=O)N(OC(=O)C(F)(F)F)C1N1CCNCC1. The molecule has 15 heteroatoms. The third kappa shape index (κ3) is 5.51. The van der Waals surface area contributed by atoms with Gasteiger partial charge in [0.25, 0.3) is 5.56 Å². The number of Topliss-reactive ketones (excluding diaryl/α,β-unsaturated/α-hetero) is 1. The van der Waals surface area contributed by atoms with Crippen LogP contribution in [0.15, 0.2) is 33.9 Å². The predicted octanol–water partition coefficient (Wildman–Crippen LogP) is 0.942. The van der Waals surface area contributed by atoms with Crippen molar-refractivity contribution in [3.05, 3.63) is 55.7 Å². The quantitative estimate of drug-likeness (QED) is 0.402. The van der Waals surface area contributed by atoms with E-state index in [0.29, 0.717) is 40.8 Å². The summed E-state index contributed by atoms with van der Waals surface area (Å²) in [5.74, 6) is 2.01. The summed E-state index contributed by atoms with van der Waals surface area (Å²) in [6.45, 7) is 2.35. The molecule has 1 N–H and O–H groups in total. The van der Waals surface area contributed by atoms with Gasteiger partial charge in [0, 0.05) is 43.8 Å². The zero-order valence-electron chi connectivity index (χ0n) is 20.9. The molecule has 1 saturated heterocycles. The van der Waals surface area contributed by atoms with Gasteiger partial charge in [0.2, 0.25) is 0 Å². The number of carbonyl (C=O) groups excluding carboxylic acids is 2. The highest BCUT2D eigenvalue weighted by Gasteiger charge is 2.50. The van der Waals surface area contributed by atoms with Crippen molar-refractivity contribution in [3.8, 4) is 11.8 Å². The molecule has 4 rings (SSSR count). The number of hydrogen-bond donors (Lipinski definition) is 1.